The number of methoxy groups -OCH3 is 1. The topological polar surface area (TPSA) is 55.6 Å². The maximum absolute atomic E-state index is 12.9. The van der Waals surface area contributed by atoms with Crippen LogP contribution in [0.2, 0.25) is 0 Å². The Kier molecular flexibility index (Phi) is 3.49. The Morgan fingerprint density at radius 1 is 1.60 bits per heavy atom. The highest BCUT2D eigenvalue weighted by Crippen LogP contribution is 2.20. The number of ether oxygens (including phenoxy) is 1. The van der Waals surface area contributed by atoms with Crippen LogP contribution in [0.15, 0.2) is 18.2 Å². The summed E-state index contributed by atoms with van der Waals surface area (Å²) in [5.74, 6) is 0.160. The SMILES string of the molecule is COc1ccc(F)cc1CN(C)C(N)=O. The Bertz CT molecular complexity index is 368. The minimum Gasteiger partial charge on any atom is -0.496 e. The van der Waals surface area contributed by atoms with Gasteiger partial charge in [-0.2, -0.15) is 0 Å². The Morgan fingerprint density at radius 2 is 2.27 bits per heavy atom. The van der Waals surface area contributed by atoms with Crippen LogP contribution in [0.4, 0.5) is 9.18 Å². The molecule has 2 N–H and O–H groups in total. The summed E-state index contributed by atoms with van der Waals surface area (Å²) in [6.45, 7) is 0.219. The first-order chi connectivity index (χ1) is 7.04. The van der Waals surface area contributed by atoms with E-state index in [0.717, 1.165) is 0 Å². The number of carbonyl (C=O) groups excluding carboxylic acids is 1. The van der Waals surface area contributed by atoms with Crippen LogP contribution >= 0.6 is 0 Å². The molecule has 0 saturated carbocycles. The van der Waals surface area contributed by atoms with E-state index < -0.39 is 6.03 Å². The molecular formula is C10H13FN2O2. The largest absolute Gasteiger partial charge is 0.496 e. The second-order valence-corrected chi connectivity index (χ2v) is 3.15. The molecule has 0 aliphatic rings. The molecule has 0 aliphatic carbocycles. The zero-order chi connectivity index (χ0) is 11.4. The van der Waals surface area contributed by atoms with Crippen molar-refractivity contribution in [1.29, 1.82) is 0 Å². The number of urea groups is 1. The molecule has 0 aliphatic heterocycles. The van der Waals surface area contributed by atoms with Crippen LogP contribution in [-0.2, 0) is 6.54 Å². The molecule has 0 bridgehead atoms. The Hall–Kier alpha value is -1.78. The molecule has 0 atom stereocenters. The van der Waals surface area contributed by atoms with Crippen molar-refractivity contribution in [2.75, 3.05) is 14.2 Å². The van der Waals surface area contributed by atoms with Gasteiger partial charge in [-0.25, -0.2) is 9.18 Å². The third-order valence-corrected chi connectivity index (χ3v) is 2.03. The van der Waals surface area contributed by atoms with E-state index in [2.05, 4.69) is 0 Å². The second kappa shape index (κ2) is 4.63. The van der Waals surface area contributed by atoms with Crippen LogP contribution in [0.3, 0.4) is 0 Å². The van der Waals surface area contributed by atoms with Crippen molar-refractivity contribution in [2.45, 2.75) is 6.54 Å². The van der Waals surface area contributed by atoms with Gasteiger partial charge in [-0.15, -0.1) is 0 Å². The lowest BCUT2D eigenvalue weighted by molar-refractivity contribution is 0.216. The zero-order valence-electron chi connectivity index (χ0n) is 8.66. The number of rotatable bonds is 3. The Labute approximate surface area is 87.4 Å². The molecule has 0 heterocycles. The van der Waals surface area contributed by atoms with Gasteiger partial charge >= 0.3 is 6.03 Å². The van der Waals surface area contributed by atoms with Gasteiger partial charge in [-0.3, -0.25) is 0 Å². The number of nitrogens with two attached hydrogens (primary N) is 1. The van der Waals surface area contributed by atoms with Gasteiger partial charge in [-0.1, -0.05) is 0 Å². The smallest absolute Gasteiger partial charge is 0.314 e. The van der Waals surface area contributed by atoms with Crippen LogP contribution in [0.1, 0.15) is 5.56 Å². The number of primary amides is 1. The first-order valence-electron chi connectivity index (χ1n) is 4.37. The molecule has 1 rings (SSSR count). The molecule has 2 amide bonds. The van der Waals surface area contributed by atoms with Crippen molar-refractivity contribution in [3.8, 4) is 5.75 Å². The third-order valence-electron chi connectivity index (χ3n) is 2.03. The first kappa shape index (κ1) is 11.3. The van der Waals surface area contributed by atoms with Crippen LogP contribution < -0.4 is 10.5 Å². The normalized spacial score (nSPS) is 9.80. The average molecular weight is 212 g/mol. The van der Waals surface area contributed by atoms with Gasteiger partial charge in [0.15, 0.2) is 0 Å². The summed E-state index contributed by atoms with van der Waals surface area (Å²) < 4.78 is 18.0. The van der Waals surface area contributed by atoms with E-state index in [9.17, 15) is 9.18 Å². The summed E-state index contributed by atoms with van der Waals surface area (Å²) in [5, 5.41) is 0. The van der Waals surface area contributed by atoms with Gasteiger partial charge in [0.25, 0.3) is 0 Å². The molecular weight excluding hydrogens is 199 g/mol. The highest BCUT2D eigenvalue weighted by atomic mass is 19.1. The van der Waals surface area contributed by atoms with Crippen LogP contribution in [-0.4, -0.2) is 25.1 Å². The van der Waals surface area contributed by atoms with E-state index in [1.54, 1.807) is 0 Å². The molecule has 4 nitrogen and oxygen atoms in total. The Balaban J connectivity index is 2.91. The molecule has 0 radical (unpaired) electrons. The predicted molar refractivity (Wildman–Crippen MR) is 54.0 cm³/mol. The average Bonchev–Trinajstić information content (AvgIpc) is 2.18. The molecule has 82 valence electrons. The van der Waals surface area contributed by atoms with Crippen molar-refractivity contribution >= 4 is 6.03 Å². The van der Waals surface area contributed by atoms with E-state index >= 15 is 0 Å². The van der Waals surface area contributed by atoms with Crippen molar-refractivity contribution < 1.29 is 13.9 Å². The molecule has 0 fully saturated rings. The van der Waals surface area contributed by atoms with Gasteiger partial charge in [0.2, 0.25) is 0 Å². The number of carbonyl (C=O) groups is 1. The number of benzene rings is 1. The van der Waals surface area contributed by atoms with E-state index in [0.29, 0.717) is 11.3 Å². The molecule has 1 aromatic carbocycles. The lowest BCUT2D eigenvalue weighted by Gasteiger charge is -2.16. The fraction of sp³-hybridized carbons (Fsp3) is 0.300. The highest BCUT2D eigenvalue weighted by molar-refractivity contribution is 5.71. The summed E-state index contributed by atoms with van der Waals surface area (Å²) >= 11 is 0. The summed E-state index contributed by atoms with van der Waals surface area (Å²) in [6, 6.07) is 3.56. The van der Waals surface area contributed by atoms with Gasteiger partial charge in [0, 0.05) is 12.6 Å². The molecule has 15 heavy (non-hydrogen) atoms. The van der Waals surface area contributed by atoms with E-state index in [4.69, 9.17) is 10.5 Å². The van der Waals surface area contributed by atoms with Gasteiger partial charge in [-0.05, 0) is 18.2 Å². The number of nitrogens with zero attached hydrogens (tertiary/aromatic N) is 1. The van der Waals surface area contributed by atoms with Crippen LogP contribution in [0.25, 0.3) is 0 Å². The van der Waals surface area contributed by atoms with Gasteiger partial charge in [0.05, 0.1) is 13.7 Å². The van der Waals surface area contributed by atoms with Crippen LogP contribution in [0.5, 0.6) is 5.75 Å². The standard InChI is InChI=1S/C10H13FN2O2/c1-13(10(12)14)6-7-5-8(11)3-4-9(7)15-2/h3-5H,6H2,1-2H3,(H2,12,14). The van der Waals surface area contributed by atoms with Crippen LogP contribution in [0, 0.1) is 5.82 Å². The molecule has 0 aromatic heterocycles. The lowest BCUT2D eigenvalue weighted by Crippen LogP contribution is -2.31. The fourth-order valence-corrected chi connectivity index (χ4v) is 1.20. The molecule has 0 saturated heterocycles. The Morgan fingerprint density at radius 3 is 2.80 bits per heavy atom. The van der Waals surface area contributed by atoms with E-state index in [-0.39, 0.29) is 12.4 Å². The quantitative estimate of drug-likeness (QED) is 0.822. The number of hydrogen-bond donors (Lipinski definition) is 1. The highest BCUT2D eigenvalue weighted by Gasteiger charge is 2.09. The second-order valence-electron chi connectivity index (χ2n) is 3.15. The van der Waals surface area contributed by atoms with Crippen molar-refractivity contribution in [2.24, 2.45) is 5.73 Å². The van der Waals surface area contributed by atoms with Gasteiger partial charge < -0.3 is 15.4 Å². The minimum absolute atomic E-state index is 0.219. The summed E-state index contributed by atoms with van der Waals surface area (Å²) in [6.07, 6.45) is 0. The monoisotopic (exact) mass is 212 g/mol. The maximum atomic E-state index is 12.9. The molecule has 0 unspecified atom stereocenters. The summed E-state index contributed by atoms with van der Waals surface area (Å²) in [4.78, 5) is 12.1. The predicted octanol–water partition coefficient (Wildman–Crippen LogP) is 1.34. The van der Waals surface area contributed by atoms with E-state index in [1.165, 1.54) is 37.3 Å². The first-order valence-corrected chi connectivity index (χ1v) is 4.37. The van der Waals surface area contributed by atoms with Crippen molar-refractivity contribution in [3.05, 3.63) is 29.6 Å². The maximum Gasteiger partial charge on any atom is 0.314 e. The van der Waals surface area contributed by atoms with Crippen molar-refractivity contribution in [1.82, 2.24) is 4.90 Å². The van der Waals surface area contributed by atoms with E-state index in [1.807, 2.05) is 0 Å². The number of halogens is 1. The minimum atomic E-state index is -0.568. The number of hydrogen-bond acceptors (Lipinski definition) is 2. The van der Waals surface area contributed by atoms with Crippen molar-refractivity contribution in [3.63, 3.8) is 0 Å². The zero-order valence-corrected chi connectivity index (χ0v) is 8.66. The summed E-state index contributed by atoms with van der Waals surface area (Å²) in [7, 11) is 3.02. The molecule has 0 spiro atoms. The fourth-order valence-electron chi connectivity index (χ4n) is 1.20. The van der Waals surface area contributed by atoms with Gasteiger partial charge in [0.1, 0.15) is 11.6 Å². The summed E-state index contributed by atoms with van der Waals surface area (Å²) in [5.41, 5.74) is 5.65. The lowest BCUT2D eigenvalue weighted by atomic mass is 10.2. The third kappa shape index (κ3) is 2.83. The molecule has 5 heteroatoms. The number of amides is 2. The molecule has 1 aromatic rings.